The number of benzene rings is 4. The Labute approximate surface area is 320 Å². The molecule has 0 bridgehead atoms. The predicted octanol–water partition coefficient (Wildman–Crippen LogP) is 8.40. The number of nitrogens with zero attached hydrogens (tertiary/aromatic N) is 3. The van der Waals surface area contributed by atoms with Crippen LogP contribution in [0.1, 0.15) is 43.5 Å². The van der Waals surface area contributed by atoms with Crippen molar-refractivity contribution in [1.29, 1.82) is 0 Å². The van der Waals surface area contributed by atoms with Crippen LogP contribution in [0, 0.1) is 6.92 Å². The van der Waals surface area contributed by atoms with Crippen LogP contribution in [0.2, 0.25) is 0 Å². The first-order valence-corrected chi connectivity index (χ1v) is 19.0. The van der Waals surface area contributed by atoms with E-state index in [1.54, 1.807) is 37.7 Å². The van der Waals surface area contributed by atoms with E-state index in [1.165, 1.54) is 11.3 Å². The fraction of sp³-hybridized carbons (Fsp3) is 0.186. The molecule has 53 heavy (non-hydrogen) atoms. The van der Waals surface area contributed by atoms with Crippen molar-refractivity contribution in [3.8, 4) is 39.7 Å². The monoisotopic (exact) mass is 787 g/mol. The summed E-state index contributed by atoms with van der Waals surface area (Å²) in [6.07, 6.45) is 1.94. The number of esters is 1. The minimum atomic E-state index is -0.850. The second-order valence-electron chi connectivity index (χ2n) is 12.5. The number of aryl methyl sites for hydroxylation is 1. The lowest BCUT2D eigenvalue weighted by atomic mass is 9.95. The van der Waals surface area contributed by atoms with Gasteiger partial charge in [-0.1, -0.05) is 106 Å². The molecule has 7 rings (SSSR count). The van der Waals surface area contributed by atoms with Crippen molar-refractivity contribution in [2.24, 2.45) is 4.99 Å². The van der Waals surface area contributed by atoms with Gasteiger partial charge >= 0.3 is 5.97 Å². The number of hydrogen-bond donors (Lipinski definition) is 0. The molecular formula is C43H38BrN3O5S. The highest BCUT2D eigenvalue weighted by Crippen LogP contribution is 2.41. The average Bonchev–Trinajstić information content (AvgIpc) is 3.69. The Kier molecular flexibility index (Phi) is 10.3. The molecule has 6 aromatic rings. The largest absolute Gasteiger partial charge is 0.493 e. The van der Waals surface area contributed by atoms with Gasteiger partial charge in [0.25, 0.3) is 5.56 Å². The summed E-state index contributed by atoms with van der Waals surface area (Å²) in [7, 11) is 1.56. The quantitative estimate of drug-likeness (QED) is 0.130. The maximum atomic E-state index is 14.8. The molecule has 0 N–H and O–H groups in total. The van der Waals surface area contributed by atoms with Crippen LogP contribution in [0.3, 0.4) is 0 Å². The normalized spacial score (nSPS) is 14.2. The molecule has 0 fully saturated rings. The Morgan fingerprint density at radius 1 is 0.887 bits per heavy atom. The van der Waals surface area contributed by atoms with Crippen LogP contribution < -0.4 is 24.4 Å². The molecule has 3 heterocycles. The molecule has 0 saturated heterocycles. The Morgan fingerprint density at radius 3 is 2.21 bits per heavy atom. The van der Waals surface area contributed by atoms with Gasteiger partial charge in [0.1, 0.15) is 0 Å². The lowest BCUT2D eigenvalue weighted by molar-refractivity contribution is -0.139. The number of halogens is 1. The summed E-state index contributed by atoms with van der Waals surface area (Å²) < 4.78 is 22.0. The van der Waals surface area contributed by atoms with Crippen LogP contribution in [0.15, 0.2) is 129 Å². The molecule has 8 nitrogen and oxygen atoms in total. The zero-order valence-electron chi connectivity index (χ0n) is 30.1. The number of fused-ring (bicyclic) bond motifs is 1. The van der Waals surface area contributed by atoms with E-state index in [9.17, 15) is 9.59 Å². The number of rotatable bonds is 10. The van der Waals surface area contributed by atoms with E-state index in [2.05, 4.69) is 82.0 Å². The number of aromatic nitrogens is 2. The summed E-state index contributed by atoms with van der Waals surface area (Å²) in [6.45, 7) is 8.11. The third-order valence-electron chi connectivity index (χ3n) is 9.12. The number of hydrogen-bond acceptors (Lipinski definition) is 7. The molecule has 268 valence electrons. The molecular weight excluding hydrogens is 750 g/mol. The summed E-state index contributed by atoms with van der Waals surface area (Å²) in [5.74, 6) is 0.474. The van der Waals surface area contributed by atoms with E-state index in [4.69, 9.17) is 19.2 Å². The third-order valence-corrected chi connectivity index (χ3v) is 10.8. The van der Waals surface area contributed by atoms with Gasteiger partial charge in [-0.3, -0.25) is 9.36 Å². The number of carbonyl (C=O) groups is 1. The molecule has 2 aromatic heterocycles. The van der Waals surface area contributed by atoms with E-state index in [1.807, 2.05) is 49.4 Å². The first-order valence-electron chi connectivity index (χ1n) is 17.4. The third kappa shape index (κ3) is 6.80. The summed E-state index contributed by atoms with van der Waals surface area (Å²) in [6, 6.07) is 33.8. The molecule has 1 aliphatic heterocycles. The topological polar surface area (TPSA) is 84.1 Å². The summed E-state index contributed by atoms with van der Waals surface area (Å²) in [5.41, 5.74) is 8.09. The number of carbonyl (C=O) groups excluding carboxylic acids is 1. The molecule has 0 unspecified atom stereocenters. The minimum absolute atomic E-state index is 0.171. The van der Waals surface area contributed by atoms with Crippen LogP contribution in [0.5, 0.6) is 11.5 Å². The Hall–Kier alpha value is -5.45. The molecule has 0 aliphatic carbocycles. The van der Waals surface area contributed by atoms with Gasteiger partial charge in [-0.15, -0.1) is 0 Å². The SMILES string of the molecule is CCOC(=O)C1=C(C)N=c2s/c(=C/c3cc(-c4ccccc4)n(-c4ccc(C)cc4)c3-c3ccccc3)c(=O)n2[C@H]1c1cc(OC)c(OCC)cc1Br. The number of thiazole rings is 1. The van der Waals surface area contributed by atoms with Crippen LogP contribution in [-0.2, 0) is 9.53 Å². The minimum Gasteiger partial charge on any atom is -0.493 e. The maximum absolute atomic E-state index is 14.8. The predicted molar refractivity (Wildman–Crippen MR) is 214 cm³/mol. The van der Waals surface area contributed by atoms with Gasteiger partial charge in [-0.25, -0.2) is 9.79 Å². The van der Waals surface area contributed by atoms with Crippen molar-refractivity contribution in [3.05, 3.63) is 155 Å². The highest BCUT2D eigenvalue weighted by molar-refractivity contribution is 9.10. The van der Waals surface area contributed by atoms with Gasteiger partial charge in [0.15, 0.2) is 16.3 Å². The smallest absolute Gasteiger partial charge is 0.338 e. The first kappa shape index (κ1) is 35.9. The molecule has 1 aliphatic rings. The number of ether oxygens (including phenoxy) is 3. The summed E-state index contributed by atoms with van der Waals surface area (Å²) >= 11 is 5.01. The standard InChI is InChI=1S/C43H38BrN3O5S/c1-6-51-36-25-33(44)32(24-35(36)50-5)40-38(42(49)52-7-2)27(4)45-43-47(40)41(48)37(53-43)23-30-22-34(28-14-10-8-11-15-28)46(31-20-18-26(3)19-21-31)39(30)29-16-12-9-13-17-29/h8-25,40H,6-7H2,1-5H3/b37-23+/t40-/m0/s1. The zero-order valence-corrected chi connectivity index (χ0v) is 32.5. The molecule has 0 amide bonds. The fourth-order valence-electron chi connectivity index (χ4n) is 6.73. The van der Waals surface area contributed by atoms with Gasteiger partial charge in [0.05, 0.1) is 53.6 Å². The van der Waals surface area contributed by atoms with E-state index in [0.717, 1.165) is 39.3 Å². The van der Waals surface area contributed by atoms with Crippen molar-refractivity contribution in [1.82, 2.24) is 9.13 Å². The molecule has 0 saturated carbocycles. The van der Waals surface area contributed by atoms with Crippen molar-refractivity contribution in [2.45, 2.75) is 33.7 Å². The average molecular weight is 789 g/mol. The lowest BCUT2D eigenvalue weighted by Gasteiger charge is -2.26. The number of methoxy groups -OCH3 is 1. The highest BCUT2D eigenvalue weighted by Gasteiger charge is 2.35. The van der Waals surface area contributed by atoms with Gasteiger partial charge < -0.3 is 18.8 Å². The van der Waals surface area contributed by atoms with E-state index in [-0.39, 0.29) is 17.7 Å². The number of allylic oxidation sites excluding steroid dienone is 1. The fourth-order valence-corrected chi connectivity index (χ4v) is 8.31. The molecule has 0 spiro atoms. The van der Waals surface area contributed by atoms with Gasteiger partial charge in [-0.05, 0) is 80.8 Å². The van der Waals surface area contributed by atoms with Crippen LogP contribution in [-0.4, -0.2) is 35.4 Å². The Morgan fingerprint density at radius 2 is 1.57 bits per heavy atom. The highest BCUT2D eigenvalue weighted by atomic mass is 79.9. The Balaban J connectivity index is 1.51. The Bertz CT molecular complexity index is 2540. The lowest BCUT2D eigenvalue weighted by Crippen LogP contribution is -2.40. The molecule has 10 heteroatoms. The molecule has 4 aromatic carbocycles. The summed E-state index contributed by atoms with van der Waals surface area (Å²) in [4.78, 5) is 33.8. The van der Waals surface area contributed by atoms with Crippen molar-refractivity contribution in [2.75, 3.05) is 20.3 Å². The molecule has 0 radical (unpaired) electrons. The van der Waals surface area contributed by atoms with E-state index < -0.39 is 12.0 Å². The van der Waals surface area contributed by atoms with Crippen molar-refractivity contribution < 1.29 is 19.0 Å². The molecule has 1 atom stereocenters. The maximum Gasteiger partial charge on any atom is 0.338 e. The van der Waals surface area contributed by atoms with Crippen LogP contribution in [0.4, 0.5) is 0 Å². The first-order chi connectivity index (χ1) is 25.7. The van der Waals surface area contributed by atoms with E-state index in [0.29, 0.717) is 43.2 Å². The summed E-state index contributed by atoms with van der Waals surface area (Å²) in [5, 5.41) is 0. The van der Waals surface area contributed by atoms with Gasteiger partial charge in [-0.2, -0.15) is 0 Å². The second kappa shape index (κ2) is 15.3. The van der Waals surface area contributed by atoms with Crippen LogP contribution in [0.25, 0.3) is 34.3 Å². The van der Waals surface area contributed by atoms with Gasteiger partial charge in [0.2, 0.25) is 0 Å². The second-order valence-corrected chi connectivity index (χ2v) is 14.4. The van der Waals surface area contributed by atoms with Crippen molar-refractivity contribution in [3.63, 3.8) is 0 Å². The van der Waals surface area contributed by atoms with Crippen LogP contribution >= 0.6 is 27.3 Å². The zero-order chi connectivity index (χ0) is 37.2. The van der Waals surface area contributed by atoms with E-state index >= 15 is 0 Å². The van der Waals surface area contributed by atoms with Gasteiger partial charge in [0, 0.05) is 15.7 Å². The van der Waals surface area contributed by atoms with Crippen molar-refractivity contribution >= 4 is 39.3 Å².